The number of likely N-dealkylation sites (tertiary alicyclic amines) is 2. The number of nitrogens with zero attached hydrogens (tertiary/aromatic N) is 4. The summed E-state index contributed by atoms with van der Waals surface area (Å²) < 4.78 is 43.6. The van der Waals surface area contributed by atoms with Crippen LogP contribution in [-0.2, 0) is 17.4 Å². The van der Waals surface area contributed by atoms with Crippen LogP contribution in [-0.4, -0.2) is 63.1 Å². The molecule has 0 bridgehead atoms. The zero-order valence-corrected chi connectivity index (χ0v) is 25.8. The number of aryl methyl sites for hydroxylation is 2. The number of likely N-dealkylation sites (N-methyl/N-ethyl adjacent to an activating group) is 1. The van der Waals surface area contributed by atoms with Crippen molar-refractivity contribution < 1.29 is 23.1 Å². The second-order valence-electron chi connectivity index (χ2n) is 12.1. The number of carbonyl (C=O) groups excluding carboxylic acids is 1. The van der Waals surface area contributed by atoms with Crippen LogP contribution in [0.25, 0.3) is 17.0 Å². The molecule has 44 heavy (non-hydrogen) atoms. The van der Waals surface area contributed by atoms with E-state index in [9.17, 15) is 23.5 Å². The number of anilines is 1. The number of aromatic nitrogens is 2. The first-order valence-corrected chi connectivity index (χ1v) is 15.1. The Bertz CT molecular complexity index is 1660. The second kappa shape index (κ2) is 12.4. The van der Waals surface area contributed by atoms with Crippen molar-refractivity contribution in [2.75, 3.05) is 32.0 Å². The van der Waals surface area contributed by atoms with Gasteiger partial charge in [0.25, 0.3) is 12.0 Å². The Morgan fingerprint density at radius 1 is 1.18 bits per heavy atom. The van der Waals surface area contributed by atoms with Crippen molar-refractivity contribution in [3.8, 4) is 0 Å². The van der Waals surface area contributed by atoms with Gasteiger partial charge in [-0.05, 0) is 59.2 Å². The van der Waals surface area contributed by atoms with Crippen LogP contribution in [0, 0.1) is 12.7 Å². The number of amides is 1. The van der Waals surface area contributed by atoms with Crippen molar-refractivity contribution in [2.45, 2.75) is 70.6 Å². The van der Waals surface area contributed by atoms with E-state index in [-0.39, 0.29) is 41.5 Å². The molecule has 2 fully saturated rings. The SMILES string of the molecule is CC(=O)N1CCC(O)(c2cc3c(N[C@H](C)c4cccc(C(F)F)c4F)nc(C)c(/C=C\[C@@H]4CCCN4C)c3n(C)c2=O)CC1. The molecule has 1 aromatic carbocycles. The van der Waals surface area contributed by atoms with E-state index in [1.54, 1.807) is 24.9 Å². The lowest BCUT2D eigenvalue weighted by molar-refractivity contribution is -0.133. The predicted octanol–water partition coefficient (Wildman–Crippen LogP) is 5.43. The Labute approximate surface area is 255 Å². The van der Waals surface area contributed by atoms with Crippen LogP contribution in [0.5, 0.6) is 0 Å². The molecule has 2 atom stereocenters. The summed E-state index contributed by atoms with van der Waals surface area (Å²) in [6.07, 6.45) is 3.63. The number of fused-ring (bicyclic) bond motifs is 1. The van der Waals surface area contributed by atoms with E-state index in [0.717, 1.165) is 31.0 Å². The number of pyridine rings is 2. The van der Waals surface area contributed by atoms with Crippen LogP contribution < -0.4 is 10.9 Å². The zero-order chi connectivity index (χ0) is 31.9. The van der Waals surface area contributed by atoms with Crippen molar-refractivity contribution in [1.82, 2.24) is 19.4 Å². The van der Waals surface area contributed by atoms with Crippen LogP contribution in [0.4, 0.5) is 19.0 Å². The van der Waals surface area contributed by atoms with E-state index < -0.39 is 29.4 Å². The number of halogens is 3. The number of aliphatic hydroxyl groups is 1. The molecule has 2 aliphatic heterocycles. The third kappa shape index (κ3) is 5.87. The van der Waals surface area contributed by atoms with E-state index in [4.69, 9.17) is 4.98 Å². The highest BCUT2D eigenvalue weighted by Gasteiger charge is 2.38. The molecule has 0 aliphatic carbocycles. The molecule has 4 heterocycles. The minimum absolute atomic E-state index is 0.0592. The fourth-order valence-electron chi connectivity index (χ4n) is 6.55. The molecule has 0 radical (unpaired) electrons. The molecule has 5 rings (SSSR count). The quantitative estimate of drug-likeness (QED) is 0.371. The van der Waals surface area contributed by atoms with Gasteiger partial charge in [-0.15, -0.1) is 0 Å². The van der Waals surface area contributed by atoms with Crippen LogP contribution in [0.1, 0.15) is 79.9 Å². The lowest BCUT2D eigenvalue weighted by atomic mass is 9.84. The molecule has 0 unspecified atom stereocenters. The summed E-state index contributed by atoms with van der Waals surface area (Å²) in [5.41, 5.74) is -0.295. The first kappa shape index (κ1) is 31.7. The van der Waals surface area contributed by atoms with Crippen LogP contribution in [0.2, 0.25) is 0 Å². The first-order chi connectivity index (χ1) is 20.8. The predicted molar refractivity (Wildman–Crippen MR) is 165 cm³/mol. The number of carbonyl (C=O) groups is 1. The molecule has 2 aromatic heterocycles. The van der Waals surface area contributed by atoms with Gasteiger partial charge in [-0.2, -0.15) is 0 Å². The zero-order valence-electron chi connectivity index (χ0n) is 25.8. The van der Waals surface area contributed by atoms with Crippen molar-refractivity contribution in [1.29, 1.82) is 0 Å². The summed E-state index contributed by atoms with van der Waals surface area (Å²) in [6.45, 7) is 6.58. The molecule has 2 aliphatic rings. The molecule has 236 valence electrons. The third-order valence-electron chi connectivity index (χ3n) is 9.31. The van der Waals surface area contributed by atoms with E-state index in [2.05, 4.69) is 23.3 Å². The van der Waals surface area contributed by atoms with Gasteiger partial charge in [0.1, 0.15) is 11.6 Å². The van der Waals surface area contributed by atoms with Gasteiger partial charge in [-0.3, -0.25) is 14.5 Å². The van der Waals surface area contributed by atoms with Gasteiger partial charge >= 0.3 is 0 Å². The number of alkyl halides is 2. The van der Waals surface area contributed by atoms with Gasteiger partial charge in [-0.1, -0.05) is 30.4 Å². The largest absolute Gasteiger partial charge is 0.385 e. The highest BCUT2D eigenvalue weighted by molar-refractivity contribution is 5.96. The maximum absolute atomic E-state index is 15.1. The maximum atomic E-state index is 15.1. The fraction of sp³-hybridized carbons (Fsp3) is 0.485. The van der Waals surface area contributed by atoms with Crippen LogP contribution in [0.15, 0.2) is 35.1 Å². The van der Waals surface area contributed by atoms with Crippen molar-refractivity contribution in [3.63, 3.8) is 0 Å². The normalized spacial score (nSPS) is 19.8. The number of hydrogen-bond acceptors (Lipinski definition) is 6. The summed E-state index contributed by atoms with van der Waals surface area (Å²) in [6, 6.07) is 5.06. The van der Waals surface area contributed by atoms with Crippen LogP contribution >= 0.6 is 0 Å². The molecule has 8 nitrogen and oxygen atoms in total. The third-order valence-corrected chi connectivity index (χ3v) is 9.31. The van der Waals surface area contributed by atoms with Crippen molar-refractivity contribution >= 4 is 28.7 Å². The Balaban J connectivity index is 1.66. The van der Waals surface area contributed by atoms with E-state index >= 15 is 4.39 Å². The minimum atomic E-state index is -2.96. The molecule has 2 saturated heterocycles. The number of hydrogen-bond donors (Lipinski definition) is 2. The highest BCUT2D eigenvalue weighted by Crippen LogP contribution is 2.37. The van der Waals surface area contributed by atoms with Crippen molar-refractivity contribution in [3.05, 3.63) is 74.5 Å². The molecule has 0 spiro atoms. The minimum Gasteiger partial charge on any atom is -0.385 e. The van der Waals surface area contributed by atoms with Gasteiger partial charge in [0, 0.05) is 60.9 Å². The molecular weight excluding hydrogens is 571 g/mol. The van der Waals surface area contributed by atoms with Crippen molar-refractivity contribution in [2.24, 2.45) is 7.05 Å². The molecule has 1 amide bonds. The van der Waals surface area contributed by atoms with E-state index in [1.165, 1.54) is 23.6 Å². The van der Waals surface area contributed by atoms with E-state index in [1.807, 2.05) is 13.0 Å². The number of benzene rings is 1. The lowest BCUT2D eigenvalue weighted by Gasteiger charge is -2.38. The highest BCUT2D eigenvalue weighted by atomic mass is 19.3. The summed E-state index contributed by atoms with van der Waals surface area (Å²) in [5.74, 6) is -0.738. The molecule has 2 N–H and O–H groups in total. The van der Waals surface area contributed by atoms with Gasteiger partial charge in [0.15, 0.2) is 0 Å². The van der Waals surface area contributed by atoms with Gasteiger partial charge in [-0.25, -0.2) is 18.2 Å². The molecule has 11 heteroatoms. The Kier molecular flexibility index (Phi) is 8.91. The topological polar surface area (TPSA) is 90.7 Å². The maximum Gasteiger partial charge on any atom is 0.266 e. The summed E-state index contributed by atoms with van der Waals surface area (Å²) in [4.78, 5) is 34.6. The first-order valence-electron chi connectivity index (χ1n) is 15.1. The monoisotopic (exact) mass is 611 g/mol. The van der Waals surface area contributed by atoms with Crippen LogP contribution in [0.3, 0.4) is 0 Å². The summed E-state index contributed by atoms with van der Waals surface area (Å²) in [7, 11) is 3.72. The average molecular weight is 612 g/mol. The number of nitrogens with one attached hydrogen (secondary N) is 1. The second-order valence-corrected chi connectivity index (χ2v) is 12.1. The van der Waals surface area contributed by atoms with Gasteiger partial charge in [0.2, 0.25) is 5.91 Å². The Morgan fingerprint density at radius 3 is 2.48 bits per heavy atom. The number of piperidine rings is 1. The number of rotatable bonds is 7. The van der Waals surface area contributed by atoms with Gasteiger partial charge < -0.3 is 19.9 Å². The molecular formula is C33H40F3N5O3. The standard InChI is InChI=1S/C33H40F3N5O3/c1-19(23-9-6-10-25(28(23)34)30(35)36)37-31-26-18-27(33(44)13-16-41(17-14-33)21(3)42)32(43)40(5)29(26)24(20(2)38-31)12-11-22-8-7-15-39(22)4/h6,9-12,18-19,22,30,44H,7-8,13-17H2,1-5H3,(H,37,38)/b12-11-/t19-,22+/m1/s1. The molecule has 3 aromatic rings. The Hall–Kier alpha value is -3.70. The fourth-order valence-corrected chi connectivity index (χ4v) is 6.55. The molecule has 0 saturated carbocycles. The average Bonchev–Trinajstić information content (AvgIpc) is 3.38. The van der Waals surface area contributed by atoms with E-state index in [0.29, 0.717) is 35.5 Å². The van der Waals surface area contributed by atoms with Gasteiger partial charge in [0.05, 0.1) is 22.7 Å². The Morgan fingerprint density at radius 2 is 1.86 bits per heavy atom. The smallest absolute Gasteiger partial charge is 0.266 e. The lowest BCUT2D eigenvalue weighted by Crippen LogP contribution is -2.47. The summed E-state index contributed by atoms with van der Waals surface area (Å²) >= 11 is 0. The summed E-state index contributed by atoms with van der Waals surface area (Å²) in [5, 5.41) is 15.5.